The van der Waals surface area contributed by atoms with Gasteiger partial charge in [-0.2, -0.15) is 0 Å². The van der Waals surface area contributed by atoms with Gasteiger partial charge >= 0.3 is 17.9 Å². The van der Waals surface area contributed by atoms with Crippen molar-refractivity contribution in [1.29, 1.82) is 0 Å². The van der Waals surface area contributed by atoms with Crippen LogP contribution in [0.1, 0.15) is 240 Å². The van der Waals surface area contributed by atoms with Crippen LogP contribution in [-0.4, -0.2) is 37.2 Å². The zero-order valence-electron chi connectivity index (χ0n) is 34.7. The van der Waals surface area contributed by atoms with Crippen molar-refractivity contribution in [2.75, 3.05) is 13.2 Å². The monoisotopic (exact) mass is 723 g/mol. The molecule has 0 amide bonds. The van der Waals surface area contributed by atoms with Crippen LogP contribution in [0.25, 0.3) is 0 Å². The summed E-state index contributed by atoms with van der Waals surface area (Å²) in [4.78, 5) is 37.6. The molecular formula is C45H86O6. The van der Waals surface area contributed by atoms with Gasteiger partial charge in [-0.25, -0.2) is 0 Å². The first-order chi connectivity index (χ1) is 24.8. The maximum Gasteiger partial charge on any atom is 0.306 e. The molecule has 0 rings (SSSR count). The molecule has 0 fully saturated rings. The zero-order chi connectivity index (χ0) is 37.6. The fourth-order valence-corrected chi connectivity index (χ4v) is 6.54. The summed E-state index contributed by atoms with van der Waals surface area (Å²) in [5.74, 6) is 0.727. The van der Waals surface area contributed by atoms with Crippen molar-refractivity contribution in [3.05, 3.63) is 0 Å². The van der Waals surface area contributed by atoms with Crippen LogP contribution in [0, 0.1) is 11.8 Å². The normalized spacial score (nSPS) is 12.6. The number of hydrogen-bond donors (Lipinski definition) is 0. The van der Waals surface area contributed by atoms with Crippen LogP contribution < -0.4 is 0 Å². The first-order valence-electron chi connectivity index (χ1n) is 22.3. The molecule has 0 heterocycles. The number of unbranched alkanes of at least 4 members (excludes halogenated alkanes) is 23. The third-order valence-corrected chi connectivity index (χ3v) is 10.3. The molecule has 0 spiro atoms. The first-order valence-corrected chi connectivity index (χ1v) is 22.3. The Hall–Kier alpha value is -1.59. The fraction of sp³-hybridized carbons (Fsp3) is 0.933. The second-order valence-corrected chi connectivity index (χ2v) is 16.1. The topological polar surface area (TPSA) is 78.9 Å². The van der Waals surface area contributed by atoms with Gasteiger partial charge < -0.3 is 14.2 Å². The lowest BCUT2D eigenvalue weighted by Crippen LogP contribution is -2.30. The summed E-state index contributed by atoms with van der Waals surface area (Å²) in [6.45, 7) is 11.3. The highest BCUT2D eigenvalue weighted by molar-refractivity contribution is 5.71. The lowest BCUT2D eigenvalue weighted by atomic mass is 10.00. The summed E-state index contributed by atoms with van der Waals surface area (Å²) in [6, 6.07) is 0. The molecule has 0 radical (unpaired) electrons. The number of carbonyl (C=O) groups excluding carboxylic acids is 3. The average Bonchev–Trinajstić information content (AvgIpc) is 3.11. The highest BCUT2D eigenvalue weighted by atomic mass is 16.6. The Morgan fingerprint density at radius 2 is 0.745 bits per heavy atom. The van der Waals surface area contributed by atoms with Gasteiger partial charge in [-0.3, -0.25) is 14.4 Å². The largest absolute Gasteiger partial charge is 0.462 e. The van der Waals surface area contributed by atoms with E-state index in [0.29, 0.717) is 19.3 Å². The van der Waals surface area contributed by atoms with Gasteiger partial charge in [0.2, 0.25) is 0 Å². The number of carbonyl (C=O) groups is 3. The molecule has 51 heavy (non-hydrogen) atoms. The van der Waals surface area contributed by atoms with Gasteiger partial charge in [-0.1, -0.05) is 202 Å². The van der Waals surface area contributed by atoms with Gasteiger partial charge in [-0.15, -0.1) is 0 Å². The summed E-state index contributed by atoms with van der Waals surface area (Å²) < 4.78 is 16.7. The molecule has 0 aromatic heterocycles. The van der Waals surface area contributed by atoms with E-state index in [4.69, 9.17) is 14.2 Å². The smallest absolute Gasteiger partial charge is 0.306 e. The second kappa shape index (κ2) is 38.1. The van der Waals surface area contributed by atoms with Crippen LogP contribution in [-0.2, 0) is 28.6 Å². The molecular weight excluding hydrogens is 636 g/mol. The number of esters is 3. The SMILES string of the molecule is CCCCCCCCCCCCCCCC(=O)OC[C@H](COC(=O)CCCCCCCCCC(C)C)OC(=O)CCCCCCCCC(C)CC. The van der Waals surface area contributed by atoms with E-state index in [1.807, 2.05) is 0 Å². The van der Waals surface area contributed by atoms with E-state index >= 15 is 0 Å². The van der Waals surface area contributed by atoms with Gasteiger partial charge in [0.05, 0.1) is 0 Å². The van der Waals surface area contributed by atoms with Crippen molar-refractivity contribution in [1.82, 2.24) is 0 Å². The standard InChI is InChI=1S/C45H86O6/c1-6-8-9-10-11-12-13-14-15-16-19-25-30-35-43(46)49-38-42(51-45(48)37-32-27-22-21-24-29-34-41(5)7-2)39-50-44(47)36-31-26-20-17-18-23-28-33-40(3)4/h40-42H,6-39H2,1-5H3/t41?,42-/m1/s1. The Labute approximate surface area is 317 Å². The van der Waals surface area contributed by atoms with Crippen molar-refractivity contribution in [3.8, 4) is 0 Å². The van der Waals surface area contributed by atoms with Crippen molar-refractivity contribution < 1.29 is 28.6 Å². The molecule has 0 bridgehead atoms. The first kappa shape index (κ1) is 49.4. The van der Waals surface area contributed by atoms with Gasteiger partial charge in [0.25, 0.3) is 0 Å². The number of ether oxygens (including phenoxy) is 3. The van der Waals surface area contributed by atoms with Crippen molar-refractivity contribution in [2.45, 2.75) is 246 Å². The van der Waals surface area contributed by atoms with E-state index in [1.54, 1.807) is 0 Å². The predicted molar refractivity (Wildman–Crippen MR) is 215 cm³/mol. The number of hydrogen-bond acceptors (Lipinski definition) is 6. The fourth-order valence-electron chi connectivity index (χ4n) is 6.54. The third kappa shape index (κ3) is 38.0. The van der Waals surface area contributed by atoms with E-state index in [1.165, 1.54) is 128 Å². The summed E-state index contributed by atoms with van der Waals surface area (Å²) in [5, 5.41) is 0. The molecule has 6 nitrogen and oxygen atoms in total. The van der Waals surface area contributed by atoms with E-state index in [2.05, 4.69) is 34.6 Å². The van der Waals surface area contributed by atoms with E-state index in [9.17, 15) is 14.4 Å². The van der Waals surface area contributed by atoms with Crippen molar-refractivity contribution >= 4 is 17.9 Å². The Morgan fingerprint density at radius 3 is 1.12 bits per heavy atom. The van der Waals surface area contributed by atoms with Crippen LogP contribution in [0.3, 0.4) is 0 Å². The minimum absolute atomic E-state index is 0.0662. The second-order valence-electron chi connectivity index (χ2n) is 16.1. The van der Waals surface area contributed by atoms with E-state index in [0.717, 1.165) is 69.6 Å². The van der Waals surface area contributed by atoms with Gasteiger partial charge in [0.1, 0.15) is 13.2 Å². The lowest BCUT2D eigenvalue weighted by molar-refractivity contribution is -0.167. The van der Waals surface area contributed by atoms with E-state index < -0.39 is 6.10 Å². The molecule has 0 saturated heterocycles. The lowest BCUT2D eigenvalue weighted by Gasteiger charge is -2.18. The van der Waals surface area contributed by atoms with Crippen LogP contribution in [0.15, 0.2) is 0 Å². The number of rotatable bonds is 39. The third-order valence-electron chi connectivity index (χ3n) is 10.3. The van der Waals surface area contributed by atoms with Crippen LogP contribution in [0.5, 0.6) is 0 Å². The Kier molecular flexibility index (Phi) is 37.0. The Morgan fingerprint density at radius 1 is 0.412 bits per heavy atom. The molecule has 0 aliphatic heterocycles. The molecule has 302 valence electrons. The van der Waals surface area contributed by atoms with Gasteiger partial charge in [0, 0.05) is 19.3 Å². The average molecular weight is 723 g/mol. The molecule has 0 N–H and O–H groups in total. The molecule has 1 unspecified atom stereocenters. The molecule has 6 heteroatoms. The van der Waals surface area contributed by atoms with Gasteiger partial charge in [0.15, 0.2) is 6.10 Å². The molecule has 0 saturated carbocycles. The molecule has 0 aromatic rings. The summed E-state index contributed by atoms with van der Waals surface area (Å²) in [6.07, 6.45) is 35.2. The van der Waals surface area contributed by atoms with Crippen LogP contribution in [0.2, 0.25) is 0 Å². The van der Waals surface area contributed by atoms with Crippen molar-refractivity contribution in [3.63, 3.8) is 0 Å². The maximum atomic E-state index is 12.7. The summed E-state index contributed by atoms with van der Waals surface area (Å²) >= 11 is 0. The van der Waals surface area contributed by atoms with E-state index in [-0.39, 0.29) is 31.1 Å². The minimum atomic E-state index is -0.761. The Bertz CT molecular complexity index is 781. The maximum absolute atomic E-state index is 12.7. The minimum Gasteiger partial charge on any atom is -0.462 e. The molecule has 0 aliphatic rings. The highest BCUT2D eigenvalue weighted by Gasteiger charge is 2.19. The quantitative estimate of drug-likeness (QED) is 0.0357. The van der Waals surface area contributed by atoms with Crippen molar-refractivity contribution in [2.24, 2.45) is 11.8 Å². The van der Waals surface area contributed by atoms with Crippen LogP contribution >= 0.6 is 0 Å². The predicted octanol–water partition coefficient (Wildman–Crippen LogP) is 13.8. The van der Waals surface area contributed by atoms with Gasteiger partial charge in [-0.05, 0) is 31.1 Å². The summed E-state index contributed by atoms with van der Waals surface area (Å²) in [5.41, 5.74) is 0. The molecule has 0 aromatic carbocycles. The highest BCUT2D eigenvalue weighted by Crippen LogP contribution is 2.17. The Balaban J connectivity index is 4.34. The molecule has 2 atom stereocenters. The molecule has 0 aliphatic carbocycles. The zero-order valence-corrected chi connectivity index (χ0v) is 34.7. The summed E-state index contributed by atoms with van der Waals surface area (Å²) in [7, 11) is 0. The van der Waals surface area contributed by atoms with Crippen LogP contribution in [0.4, 0.5) is 0 Å².